The van der Waals surface area contributed by atoms with E-state index in [0.29, 0.717) is 5.13 Å². The summed E-state index contributed by atoms with van der Waals surface area (Å²) in [7, 11) is 0. The second-order valence-electron chi connectivity index (χ2n) is 5.27. The van der Waals surface area contributed by atoms with Crippen molar-refractivity contribution in [2.75, 3.05) is 4.90 Å². The van der Waals surface area contributed by atoms with Crippen LogP contribution < -0.4 is 4.90 Å². The molecule has 3 aromatic rings. The number of pyridine rings is 1. The molecular formula is C18H17N3OS2. The third kappa shape index (κ3) is 4.01. The minimum atomic E-state index is -0.0427. The summed E-state index contributed by atoms with van der Waals surface area (Å²) in [5.41, 5.74) is 2.91. The topological polar surface area (TPSA) is 46.1 Å². The first kappa shape index (κ1) is 16.7. The summed E-state index contributed by atoms with van der Waals surface area (Å²) in [6.07, 6.45) is 1.78. The molecule has 24 heavy (non-hydrogen) atoms. The molecule has 0 bridgehead atoms. The lowest BCUT2D eigenvalue weighted by Crippen LogP contribution is -2.22. The molecule has 1 aromatic carbocycles. The van der Waals surface area contributed by atoms with Gasteiger partial charge in [0, 0.05) is 24.3 Å². The van der Waals surface area contributed by atoms with Crippen LogP contribution in [0.15, 0.2) is 59.1 Å². The van der Waals surface area contributed by atoms with Gasteiger partial charge in [0.05, 0.1) is 16.4 Å². The van der Waals surface area contributed by atoms with Gasteiger partial charge in [-0.1, -0.05) is 18.2 Å². The van der Waals surface area contributed by atoms with Crippen LogP contribution in [0.5, 0.6) is 0 Å². The molecule has 3 rings (SSSR count). The molecule has 0 radical (unpaired) electrons. The summed E-state index contributed by atoms with van der Waals surface area (Å²) < 4.78 is 0. The highest BCUT2D eigenvalue weighted by molar-refractivity contribution is 7.98. The van der Waals surface area contributed by atoms with Crippen molar-refractivity contribution < 1.29 is 4.79 Å². The van der Waals surface area contributed by atoms with Gasteiger partial charge in [-0.2, -0.15) is 0 Å². The van der Waals surface area contributed by atoms with Crippen LogP contribution in [-0.2, 0) is 10.5 Å². The van der Waals surface area contributed by atoms with Crippen LogP contribution in [0.3, 0.4) is 0 Å². The van der Waals surface area contributed by atoms with E-state index in [1.165, 1.54) is 11.3 Å². The Labute approximate surface area is 149 Å². The molecule has 2 aromatic heterocycles. The highest BCUT2D eigenvalue weighted by Gasteiger charge is 2.18. The zero-order valence-corrected chi connectivity index (χ0v) is 15.1. The summed E-state index contributed by atoms with van der Waals surface area (Å²) in [4.78, 5) is 22.7. The van der Waals surface area contributed by atoms with Crippen molar-refractivity contribution in [2.45, 2.75) is 24.6 Å². The number of aryl methyl sites for hydroxylation is 1. The van der Waals surface area contributed by atoms with Crippen molar-refractivity contribution in [1.82, 2.24) is 9.97 Å². The Morgan fingerprint density at radius 1 is 1.25 bits per heavy atom. The molecule has 1 amide bonds. The van der Waals surface area contributed by atoms with Gasteiger partial charge >= 0.3 is 0 Å². The number of hydrogen-bond donors (Lipinski definition) is 0. The zero-order valence-electron chi connectivity index (χ0n) is 13.5. The monoisotopic (exact) mass is 355 g/mol. The van der Waals surface area contributed by atoms with Crippen molar-refractivity contribution in [3.05, 3.63) is 65.3 Å². The van der Waals surface area contributed by atoms with Crippen molar-refractivity contribution in [1.29, 1.82) is 0 Å². The molecule has 4 nitrogen and oxygen atoms in total. The van der Waals surface area contributed by atoms with Crippen LogP contribution in [0.2, 0.25) is 0 Å². The van der Waals surface area contributed by atoms with Gasteiger partial charge in [-0.05, 0) is 36.8 Å². The normalized spacial score (nSPS) is 10.6. The Morgan fingerprint density at radius 2 is 2.12 bits per heavy atom. The van der Waals surface area contributed by atoms with Gasteiger partial charge in [0.1, 0.15) is 0 Å². The predicted molar refractivity (Wildman–Crippen MR) is 99.9 cm³/mol. The highest BCUT2D eigenvalue weighted by atomic mass is 32.2. The average molecular weight is 355 g/mol. The van der Waals surface area contributed by atoms with Gasteiger partial charge in [-0.3, -0.25) is 9.69 Å². The molecule has 6 heteroatoms. The summed E-state index contributed by atoms with van der Waals surface area (Å²) in [6.45, 7) is 3.57. The van der Waals surface area contributed by atoms with E-state index in [-0.39, 0.29) is 5.91 Å². The number of carbonyl (C=O) groups excluding carboxylic acids is 1. The van der Waals surface area contributed by atoms with E-state index >= 15 is 0 Å². The number of carbonyl (C=O) groups is 1. The first-order chi connectivity index (χ1) is 11.6. The third-order valence-corrected chi connectivity index (χ3v) is 5.16. The van der Waals surface area contributed by atoms with Gasteiger partial charge in [-0.15, -0.1) is 23.1 Å². The standard InChI is InChI=1S/C18H17N3OS2/c1-13-6-5-7-16(10-13)21(14(2)22)18-20-15(12-24-18)11-23-17-8-3-4-9-19-17/h3-10,12H,11H2,1-2H3. The number of hydrogen-bond acceptors (Lipinski definition) is 5. The number of amides is 1. The molecule has 122 valence electrons. The third-order valence-electron chi connectivity index (χ3n) is 3.31. The highest BCUT2D eigenvalue weighted by Crippen LogP contribution is 2.31. The van der Waals surface area contributed by atoms with Crippen molar-refractivity contribution >= 4 is 39.8 Å². The zero-order chi connectivity index (χ0) is 16.9. The molecule has 0 aliphatic rings. The first-order valence-corrected chi connectivity index (χ1v) is 9.35. The molecule has 0 fully saturated rings. The molecule has 0 aliphatic heterocycles. The lowest BCUT2D eigenvalue weighted by molar-refractivity contribution is -0.115. The maximum Gasteiger partial charge on any atom is 0.230 e. The van der Waals surface area contributed by atoms with Crippen LogP contribution in [-0.4, -0.2) is 15.9 Å². The van der Waals surface area contributed by atoms with E-state index in [9.17, 15) is 4.79 Å². The molecule has 0 spiro atoms. The van der Waals surface area contributed by atoms with Crippen LogP contribution in [0.1, 0.15) is 18.2 Å². The maximum atomic E-state index is 12.1. The summed E-state index contributed by atoms with van der Waals surface area (Å²) >= 11 is 3.12. The molecule has 0 N–H and O–H groups in total. The number of nitrogens with zero attached hydrogens (tertiary/aromatic N) is 3. The van der Waals surface area contributed by atoms with Crippen LogP contribution in [0.4, 0.5) is 10.8 Å². The van der Waals surface area contributed by atoms with E-state index in [2.05, 4.69) is 9.97 Å². The number of rotatable bonds is 5. The molecule has 0 aliphatic carbocycles. The van der Waals surface area contributed by atoms with Crippen LogP contribution in [0.25, 0.3) is 0 Å². The quantitative estimate of drug-likeness (QED) is 0.615. The van der Waals surface area contributed by atoms with Gasteiger partial charge in [-0.25, -0.2) is 9.97 Å². The second-order valence-corrected chi connectivity index (χ2v) is 7.10. The molecular weight excluding hydrogens is 338 g/mol. The summed E-state index contributed by atoms with van der Waals surface area (Å²) in [5.74, 6) is 0.687. The molecule has 0 unspecified atom stereocenters. The fourth-order valence-corrected chi connectivity index (χ4v) is 3.99. The Kier molecular flexibility index (Phi) is 5.27. The summed E-state index contributed by atoms with van der Waals surface area (Å²) in [6, 6.07) is 13.7. The number of aromatic nitrogens is 2. The Bertz CT molecular complexity index is 833. The van der Waals surface area contributed by atoms with Crippen molar-refractivity contribution in [2.24, 2.45) is 0 Å². The minimum Gasteiger partial charge on any atom is -0.274 e. The summed E-state index contributed by atoms with van der Waals surface area (Å²) in [5, 5.41) is 3.66. The van der Waals surface area contributed by atoms with Gasteiger partial charge in [0.15, 0.2) is 5.13 Å². The van der Waals surface area contributed by atoms with Gasteiger partial charge < -0.3 is 0 Å². The molecule has 0 atom stereocenters. The molecule has 0 saturated heterocycles. The fourth-order valence-electron chi connectivity index (χ4n) is 2.24. The minimum absolute atomic E-state index is 0.0427. The van der Waals surface area contributed by atoms with Crippen molar-refractivity contribution in [3.8, 4) is 0 Å². The lowest BCUT2D eigenvalue weighted by Gasteiger charge is -2.18. The maximum absolute atomic E-state index is 12.1. The van der Waals surface area contributed by atoms with Gasteiger partial charge in [0.25, 0.3) is 0 Å². The largest absolute Gasteiger partial charge is 0.274 e. The number of thioether (sulfide) groups is 1. The number of benzene rings is 1. The number of thiazole rings is 1. The second kappa shape index (κ2) is 7.59. The smallest absolute Gasteiger partial charge is 0.230 e. The molecule has 0 saturated carbocycles. The SMILES string of the molecule is CC(=O)N(c1cccc(C)c1)c1nc(CSc2ccccn2)cs1. The van der Waals surface area contributed by atoms with E-state index in [0.717, 1.165) is 27.7 Å². The average Bonchev–Trinajstić information content (AvgIpc) is 3.02. The van der Waals surface area contributed by atoms with E-state index in [1.54, 1.807) is 29.8 Å². The first-order valence-electron chi connectivity index (χ1n) is 7.49. The van der Waals surface area contributed by atoms with E-state index in [1.807, 2.05) is 54.8 Å². The van der Waals surface area contributed by atoms with E-state index < -0.39 is 0 Å². The fraction of sp³-hybridized carbons (Fsp3) is 0.167. The Morgan fingerprint density at radius 3 is 2.83 bits per heavy atom. The predicted octanol–water partition coefficient (Wildman–Crippen LogP) is 4.82. The van der Waals surface area contributed by atoms with Gasteiger partial charge in [0.2, 0.25) is 5.91 Å². The van der Waals surface area contributed by atoms with Crippen molar-refractivity contribution in [3.63, 3.8) is 0 Å². The molecule has 2 heterocycles. The lowest BCUT2D eigenvalue weighted by atomic mass is 10.2. The number of anilines is 2. The van der Waals surface area contributed by atoms with Crippen LogP contribution >= 0.6 is 23.1 Å². The Balaban J connectivity index is 1.78. The van der Waals surface area contributed by atoms with Crippen LogP contribution in [0, 0.1) is 6.92 Å². The Hall–Kier alpha value is -2.18. The van der Waals surface area contributed by atoms with E-state index in [4.69, 9.17) is 0 Å².